The van der Waals surface area contributed by atoms with Crippen LogP contribution >= 0.6 is 0 Å². The van der Waals surface area contributed by atoms with Gasteiger partial charge < -0.3 is 15.5 Å². The molecule has 0 aromatic heterocycles. The van der Waals surface area contributed by atoms with Gasteiger partial charge in [-0.15, -0.1) is 0 Å². The highest BCUT2D eigenvalue weighted by Crippen LogP contribution is 2.11. The summed E-state index contributed by atoms with van der Waals surface area (Å²) in [6.45, 7) is 4.75. The van der Waals surface area contributed by atoms with E-state index in [1.165, 1.54) is 6.92 Å². The van der Waals surface area contributed by atoms with Crippen LogP contribution in [0, 0.1) is 0 Å². The Morgan fingerprint density at radius 3 is 2.68 bits per heavy atom. The number of hydrogen-bond acceptors (Lipinski definition) is 3. The minimum absolute atomic E-state index is 0.0620. The predicted molar refractivity (Wildman–Crippen MR) is 87.5 cm³/mol. The summed E-state index contributed by atoms with van der Waals surface area (Å²) in [5.41, 5.74) is 1.97. The van der Waals surface area contributed by atoms with Crippen LogP contribution in [0.5, 0.6) is 0 Å². The van der Waals surface area contributed by atoms with Crippen LogP contribution in [0.4, 0.5) is 5.69 Å². The largest absolute Gasteiger partial charge is 0.341 e. The molecule has 120 valence electrons. The lowest BCUT2D eigenvalue weighted by atomic mass is 10.2. The maximum absolute atomic E-state index is 11.9. The normalized spacial score (nSPS) is 15.5. The number of carbonyl (C=O) groups is 2. The minimum Gasteiger partial charge on any atom is -0.341 e. The highest BCUT2D eigenvalue weighted by Gasteiger charge is 2.15. The van der Waals surface area contributed by atoms with E-state index < -0.39 is 0 Å². The van der Waals surface area contributed by atoms with Gasteiger partial charge in [0, 0.05) is 45.2 Å². The fourth-order valence-corrected chi connectivity index (χ4v) is 2.63. The maximum Gasteiger partial charge on any atom is 0.222 e. The molecule has 1 aliphatic heterocycles. The SMILES string of the molecule is CC(=O)Nc1ccc(CNCCN2CCCCCC2=O)cc1. The number of likely N-dealkylation sites (tertiary alicyclic amines) is 1. The molecule has 5 heteroatoms. The molecule has 0 aliphatic carbocycles. The molecule has 2 rings (SSSR count). The third-order valence-electron chi connectivity index (χ3n) is 3.83. The van der Waals surface area contributed by atoms with Gasteiger partial charge in [0.2, 0.25) is 11.8 Å². The van der Waals surface area contributed by atoms with E-state index in [4.69, 9.17) is 0 Å². The van der Waals surface area contributed by atoms with E-state index in [1.807, 2.05) is 29.2 Å². The molecule has 0 unspecified atom stereocenters. The maximum atomic E-state index is 11.9. The Labute approximate surface area is 132 Å². The number of hydrogen-bond donors (Lipinski definition) is 2. The highest BCUT2D eigenvalue weighted by atomic mass is 16.2. The van der Waals surface area contributed by atoms with Crippen molar-refractivity contribution in [1.29, 1.82) is 0 Å². The first kappa shape index (κ1) is 16.5. The molecule has 0 radical (unpaired) electrons. The first-order valence-corrected chi connectivity index (χ1v) is 8.00. The van der Waals surface area contributed by atoms with Gasteiger partial charge in [-0.25, -0.2) is 0 Å². The van der Waals surface area contributed by atoms with Gasteiger partial charge in [-0.1, -0.05) is 18.6 Å². The zero-order chi connectivity index (χ0) is 15.8. The summed E-state index contributed by atoms with van der Waals surface area (Å²) in [7, 11) is 0. The Hall–Kier alpha value is -1.88. The highest BCUT2D eigenvalue weighted by molar-refractivity contribution is 5.88. The Balaban J connectivity index is 1.69. The number of carbonyl (C=O) groups excluding carboxylic acids is 2. The molecule has 22 heavy (non-hydrogen) atoms. The fraction of sp³-hybridized carbons (Fsp3) is 0.529. The average Bonchev–Trinajstić information content (AvgIpc) is 2.69. The quantitative estimate of drug-likeness (QED) is 0.792. The molecule has 2 amide bonds. The second-order valence-electron chi connectivity index (χ2n) is 5.75. The summed E-state index contributed by atoms with van der Waals surface area (Å²) in [5.74, 6) is 0.229. The lowest BCUT2D eigenvalue weighted by Gasteiger charge is -2.20. The van der Waals surface area contributed by atoms with Gasteiger partial charge in [-0.2, -0.15) is 0 Å². The van der Waals surface area contributed by atoms with E-state index in [2.05, 4.69) is 10.6 Å². The minimum atomic E-state index is -0.0620. The second kappa shape index (κ2) is 8.54. The van der Waals surface area contributed by atoms with Gasteiger partial charge in [0.15, 0.2) is 0 Å². The van der Waals surface area contributed by atoms with Crippen LogP contribution < -0.4 is 10.6 Å². The third kappa shape index (κ3) is 5.48. The van der Waals surface area contributed by atoms with E-state index in [9.17, 15) is 9.59 Å². The van der Waals surface area contributed by atoms with Crippen LogP contribution in [0.1, 0.15) is 38.2 Å². The summed E-state index contributed by atoms with van der Waals surface area (Å²) in [6.07, 6.45) is 4.01. The van der Waals surface area contributed by atoms with Crippen LogP contribution in [0.25, 0.3) is 0 Å². The molecule has 0 spiro atoms. The number of anilines is 1. The number of nitrogens with one attached hydrogen (secondary N) is 2. The molecule has 1 aliphatic rings. The number of benzene rings is 1. The molecule has 0 saturated carbocycles. The molecule has 1 heterocycles. The van der Waals surface area contributed by atoms with E-state index in [0.29, 0.717) is 12.3 Å². The van der Waals surface area contributed by atoms with Crippen LogP contribution in [0.15, 0.2) is 24.3 Å². The summed E-state index contributed by atoms with van der Waals surface area (Å²) in [5, 5.41) is 6.12. The molecule has 2 N–H and O–H groups in total. The van der Waals surface area contributed by atoms with Crippen molar-refractivity contribution in [1.82, 2.24) is 10.2 Å². The van der Waals surface area contributed by atoms with Crippen LogP contribution in [0.2, 0.25) is 0 Å². The van der Waals surface area contributed by atoms with Crippen molar-refractivity contribution in [2.45, 2.75) is 39.2 Å². The molecule has 1 saturated heterocycles. The molecule has 1 fully saturated rings. The molecule has 1 aromatic rings. The summed E-state index contributed by atoms with van der Waals surface area (Å²) in [6, 6.07) is 7.79. The van der Waals surface area contributed by atoms with Crippen LogP contribution in [0.3, 0.4) is 0 Å². The zero-order valence-corrected chi connectivity index (χ0v) is 13.2. The second-order valence-corrected chi connectivity index (χ2v) is 5.75. The van der Waals surface area contributed by atoms with E-state index in [-0.39, 0.29) is 5.91 Å². The smallest absolute Gasteiger partial charge is 0.222 e. The Morgan fingerprint density at radius 1 is 1.18 bits per heavy atom. The van der Waals surface area contributed by atoms with Gasteiger partial charge in [0.25, 0.3) is 0 Å². The lowest BCUT2D eigenvalue weighted by molar-refractivity contribution is -0.130. The van der Waals surface area contributed by atoms with Crippen LogP contribution in [-0.2, 0) is 16.1 Å². The monoisotopic (exact) mass is 303 g/mol. The topological polar surface area (TPSA) is 61.4 Å². The molecule has 0 atom stereocenters. The fourth-order valence-electron chi connectivity index (χ4n) is 2.63. The Kier molecular flexibility index (Phi) is 6.40. The van der Waals surface area contributed by atoms with E-state index >= 15 is 0 Å². The summed E-state index contributed by atoms with van der Waals surface area (Å²) in [4.78, 5) is 24.8. The van der Waals surface area contributed by atoms with E-state index in [0.717, 1.165) is 56.7 Å². The van der Waals surface area contributed by atoms with Crippen molar-refractivity contribution >= 4 is 17.5 Å². The van der Waals surface area contributed by atoms with Gasteiger partial charge in [-0.05, 0) is 30.5 Å². The van der Waals surface area contributed by atoms with Crippen molar-refractivity contribution in [2.75, 3.05) is 25.0 Å². The first-order chi connectivity index (χ1) is 10.6. The van der Waals surface area contributed by atoms with Crippen molar-refractivity contribution in [2.24, 2.45) is 0 Å². The summed E-state index contributed by atoms with van der Waals surface area (Å²) < 4.78 is 0. The van der Waals surface area contributed by atoms with Gasteiger partial charge in [0.05, 0.1) is 0 Å². The summed E-state index contributed by atoms with van der Waals surface area (Å²) >= 11 is 0. The number of rotatable bonds is 6. The zero-order valence-electron chi connectivity index (χ0n) is 13.2. The molecular formula is C17H25N3O2. The molecular weight excluding hydrogens is 278 g/mol. The van der Waals surface area contributed by atoms with Crippen molar-refractivity contribution in [3.8, 4) is 0 Å². The number of nitrogens with zero attached hydrogens (tertiary/aromatic N) is 1. The lowest BCUT2D eigenvalue weighted by Crippen LogP contribution is -2.36. The molecule has 1 aromatic carbocycles. The van der Waals surface area contributed by atoms with Crippen LogP contribution in [-0.4, -0.2) is 36.3 Å². The van der Waals surface area contributed by atoms with Gasteiger partial charge in [0.1, 0.15) is 0 Å². The number of amides is 2. The van der Waals surface area contributed by atoms with E-state index in [1.54, 1.807) is 0 Å². The van der Waals surface area contributed by atoms with Crippen molar-refractivity contribution in [3.05, 3.63) is 29.8 Å². The first-order valence-electron chi connectivity index (χ1n) is 8.00. The standard InChI is InChI=1S/C17H25N3O2/c1-14(21)19-16-8-6-15(7-9-16)13-18-10-12-20-11-4-2-3-5-17(20)22/h6-9,18H,2-5,10-13H2,1H3,(H,19,21). The Morgan fingerprint density at radius 2 is 1.95 bits per heavy atom. The third-order valence-corrected chi connectivity index (χ3v) is 3.83. The van der Waals surface area contributed by atoms with Gasteiger partial charge in [-0.3, -0.25) is 9.59 Å². The molecule has 5 nitrogen and oxygen atoms in total. The molecule has 0 bridgehead atoms. The van der Waals surface area contributed by atoms with Gasteiger partial charge >= 0.3 is 0 Å². The van der Waals surface area contributed by atoms with Crippen molar-refractivity contribution < 1.29 is 9.59 Å². The van der Waals surface area contributed by atoms with Crippen molar-refractivity contribution in [3.63, 3.8) is 0 Å². The Bertz CT molecular complexity index is 499. The predicted octanol–water partition coefficient (Wildman–Crippen LogP) is 2.14. The average molecular weight is 303 g/mol.